The lowest BCUT2D eigenvalue weighted by Gasteiger charge is -2.14. The van der Waals surface area contributed by atoms with Crippen molar-refractivity contribution >= 4 is 17.4 Å². The molecule has 0 radical (unpaired) electrons. The van der Waals surface area contributed by atoms with E-state index in [2.05, 4.69) is 10.3 Å². The van der Waals surface area contributed by atoms with Gasteiger partial charge in [-0.25, -0.2) is 9.37 Å². The zero-order valence-electron chi connectivity index (χ0n) is 14.2. The second kappa shape index (κ2) is 8.35. The third kappa shape index (κ3) is 4.36. The lowest BCUT2D eigenvalue weighted by atomic mass is 10.0. The molecule has 5 nitrogen and oxygen atoms in total. The first kappa shape index (κ1) is 19.1. The number of phenols is 1. The van der Waals surface area contributed by atoms with E-state index in [-0.39, 0.29) is 22.9 Å². The van der Waals surface area contributed by atoms with Crippen LogP contribution in [0.25, 0.3) is 22.4 Å². The molecule has 7 heteroatoms. The highest BCUT2D eigenvalue weighted by Gasteiger charge is 2.15. The maximum atomic E-state index is 14.4. The van der Waals surface area contributed by atoms with E-state index in [4.69, 9.17) is 16.7 Å². The Morgan fingerprint density at radius 3 is 2.59 bits per heavy atom. The summed E-state index contributed by atoms with van der Waals surface area (Å²) in [6.07, 6.45) is -0.971. The molecule has 0 bridgehead atoms. The summed E-state index contributed by atoms with van der Waals surface area (Å²) in [4.78, 5) is 4.43. The minimum absolute atomic E-state index is 0.0307. The quantitative estimate of drug-likeness (QED) is 0.517. The smallest absolute Gasteiger partial charge is 0.132 e. The molecule has 3 aromatic rings. The van der Waals surface area contributed by atoms with Gasteiger partial charge in [0.1, 0.15) is 17.4 Å². The minimum Gasteiger partial charge on any atom is -0.507 e. The van der Waals surface area contributed by atoms with E-state index in [1.165, 1.54) is 18.2 Å². The van der Waals surface area contributed by atoms with Gasteiger partial charge < -0.3 is 20.6 Å². The average Bonchev–Trinajstić information content (AvgIpc) is 2.66. The third-order valence-corrected chi connectivity index (χ3v) is 4.30. The Morgan fingerprint density at radius 1 is 1.11 bits per heavy atom. The summed E-state index contributed by atoms with van der Waals surface area (Å²) < 4.78 is 14.4. The van der Waals surface area contributed by atoms with Crippen LogP contribution in [0.15, 0.2) is 54.6 Å². The van der Waals surface area contributed by atoms with Crippen LogP contribution >= 0.6 is 11.6 Å². The van der Waals surface area contributed by atoms with Gasteiger partial charge >= 0.3 is 0 Å². The number of hydrogen-bond donors (Lipinski definition) is 4. The number of para-hydroxylation sites is 1. The Morgan fingerprint density at radius 2 is 1.89 bits per heavy atom. The van der Waals surface area contributed by atoms with Crippen molar-refractivity contribution in [3.63, 3.8) is 0 Å². The van der Waals surface area contributed by atoms with E-state index in [0.29, 0.717) is 22.6 Å². The van der Waals surface area contributed by atoms with Crippen LogP contribution < -0.4 is 5.32 Å². The highest BCUT2D eigenvalue weighted by Crippen LogP contribution is 2.36. The van der Waals surface area contributed by atoms with Crippen LogP contribution in [-0.2, 0) is 0 Å². The van der Waals surface area contributed by atoms with Crippen LogP contribution in [0.4, 0.5) is 10.2 Å². The molecule has 0 amide bonds. The summed E-state index contributed by atoms with van der Waals surface area (Å²) >= 11 is 6.19. The Labute approximate surface area is 160 Å². The van der Waals surface area contributed by atoms with E-state index < -0.39 is 18.5 Å². The first-order valence-electron chi connectivity index (χ1n) is 8.27. The Hall–Kier alpha value is -2.67. The molecule has 0 saturated carbocycles. The summed E-state index contributed by atoms with van der Waals surface area (Å²) in [5.41, 5.74) is 1.56. The van der Waals surface area contributed by atoms with E-state index in [0.717, 1.165) is 0 Å². The van der Waals surface area contributed by atoms with Gasteiger partial charge in [0.2, 0.25) is 0 Å². The van der Waals surface area contributed by atoms with Crippen molar-refractivity contribution in [3.8, 4) is 28.1 Å². The highest BCUT2D eigenvalue weighted by molar-refractivity contribution is 6.33. The standard InChI is InChI=1S/C20H18ClFN2O3/c21-15-5-3-6-16(22)20(15)12-8-17(14-4-1-2-7-18(14)27)24-19(9-12)23-10-13(26)11-25/h1-9,13,25-27H,10-11H2,(H,23,24). The third-order valence-electron chi connectivity index (χ3n) is 3.99. The van der Waals surface area contributed by atoms with Crippen molar-refractivity contribution in [2.24, 2.45) is 0 Å². The number of aromatic hydroxyl groups is 1. The molecule has 1 heterocycles. The van der Waals surface area contributed by atoms with Crippen molar-refractivity contribution in [2.45, 2.75) is 6.10 Å². The first-order chi connectivity index (χ1) is 13.0. The maximum Gasteiger partial charge on any atom is 0.132 e. The monoisotopic (exact) mass is 388 g/mol. The average molecular weight is 389 g/mol. The number of halogens is 2. The molecule has 0 spiro atoms. The Kier molecular flexibility index (Phi) is 5.91. The van der Waals surface area contributed by atoms with Gasteiger partial charge in [-0.05, 0) is 42.0 Å². The lowest BCUT2D eigenvalue weighted by Crippen LogP contribution is -2.23. The van der Waals surface area contributed by atoms with Crippen molar-refractivity contribution in [1.82, 2.24) is 4.98 Å². The number of aliphatic hydroxyl groups excluding tert-OH is 2. The number of nitrogens with zero attached hydrogens (tertiary/aromatic N) is 1. The number of benzene rings is 2. The fourth-order valence-corrected chi connectivity index (χ4v) is 2.93. The summed E-state index contributed by atoms with van der Waals surface area (Å²) in [6, 6.07) is 14.3. The van der Waals surface area contributed by atoms with Gasteiger partial charge in [0.05, 0.1) is 23.4 Å². The van der Waals surface area contributed by atoms with E-state index in [1.54, 1.807) is 36.4 Å². The Balaban J connectivity index is 2.13. The molecule has 1 aromatic heterocycles. The number of rotatable bonds is 6. The number of nitrogens with one attached hydrogen (secondary N) is 1. The molecule has 0 saturated heterocycles. The lowest BCUT2D eigenvalue weighted by molar-refractivity contribution is 0.105. The summed E-state index contributed by atoms with van der Waals surface area (Å²) in [6.45, 7) is -0.351. The predicted octanol–water partition coefficient (Wildman–Crippen LogP) is 3.68. The van der Waals surface area contributed by atoms with Crippen LogP contribution in [0, 0.1) is 5.82 Å². The summed E-state index contributed by atoms with van der Waals surface area (Å²) in [5.74, 6) is -0.112. The fourth-order valence-electron chi connectivity index (χ4n) is 2.65. The van der Waals surface area contributed by atoms with Crippen molar-refractivity contribution in [2.75, 3.05) is 18.5 Å². The Bertz CT molecular complexity index is 932. The topological polar surface area (TPSA) is 85.6 Å². The van der Waals surface area contributed by atoms with E-state index >= 15 is 0 Å². The molecule has 1 unspecified atom stereocenters. The predicted molar refractivity (Wildman–Crippen MR) is 103 cm³/mol. The van der Waals surface area contributed by atoms with Crippen molar-refractivity contribution in [3.05, 3.63) is 65.4 Å². The normalized spacial score (nSPS) is 12.0. The van der Waals surface area contributed by atoms with Crippen molar-refractivity contribution < 1.29 is 19.7 Å². The van der Waals surface area contributed by atoms with Crippen LogP contribution in [-0.4, -0.2) is 39.6 Å². The maximum absolute atomic E-state index is 14.4. The zero-order chi connectivity index (χ0) is 19.4. The van der Waals surface area contributed by atoms with Gasteiger partial charge in [-0.1, -0.05) is 29.8 Å². The SMILES string of the molecule is OCC(O)CNc1cc(-c2c(F)cccc2Cl)cc(-c2ccccc2O)n1. The van der Waals surface area contributed by atoms with Crippen LogP contribution in [0.3, 0.4) is 0 Å². The van der Waals surface area contributed by atoms with Gasteiger partial charge in [0.15, 0.2) is 0 Å². The van der Waals surface area contributed by atoms with Crippen molar-refractivity contribution in [1.29, 1.82) is 0 Å². The molecule has 3 rings (SSSR count). The first-order valence-corrected chi connectivity index (χ1v) is 8.65. The van der Waals surface area contributed by atoms with E-state index in [1.807, 2.05) is 0 Å². The molecule has 4 N–H and O–H groups in total. The zero-order valence-corrected chi connectivity index (χ0v) is 15.0. The molecule has 140 valence electrons. The van der Waals surface area contributed by atoms with E-state index in [9.17, 15) is 14.6 Å². The number of aliphatic hydroxyl groups is 2. The molecule has 0 aliphatic rings. The van der Waals surface area contributed by atoms with Gasteiger partial charge in [-0.3, -0.25) is 0 Å². The molecule has 2 aromatic carbocycles. The number of hydrogen-bond acceptors (Lipinski definition) is 5. The van der Waals surface area contributed by atoms with Gasteiger partial charge in [-0.2, -0.15) is 0 Å². The molecule has 27 heavy (non-hydrogen) atoms. The fraction of sp³-hybridized carbons (Fsp3) is 0.150. The minimum atomic E-state index is -0.971. The molecule has 1 atom stereocenters. The molecule has 0 aliphatic heterocycles. The molecule has 0 aliphatic carbocycles. The summed E-state index contributed by atoms with van der Waals surface area (Å²) in [5, 5.41) is 31.8. The number of aromatic nitrogens is 1. The molecular formula is C20H18ClFN2O3. The summed E-state index contributed by atoms with van der Waals surface area (Å²) in [7, 11) is 0. The second-order valence-electron chi connectivity index (χ2n) is 5.96. The highest BCUT2D eigenvalue weighted by atomic mass is 35.5. The van der Waals surface area contributed by atoms with Crippen LogP contribution in [0.5, 0.6) is 5.75 Å². The number of phenolic OH excluding ortho intramolecular Hbond substituents is 1. The van der Waals surface area contributed by atoms with Crippen LogP contribution in [0.1, 0.15) is 0 Å². The van der Waals surface area contributed by atoms with Gasteiger partial charge in [0.25, 0.3) is 0 Å². The number of anilines is 1. The second-order valence-corrected chi connectivity index (χ2v) is 6.36. The molecule has 0 fully saturated rings. The molecular weight excluding hydrogens is 371 g/mol. The number of pyridine rings is 1. The van der Waals surface area contributed by atoms with Gasteiger partial charge in [0, 0.05) is 17.7 Å². The van der Waals surface area contributed by atoms with Crippen LogP contribution in [0.2, 0.25) is 5.02 Å². The van der Waals surface area contributed by atoms with Gasteiger partial charge in [-0.15, -0.1) is 0 Å². The largest absolute Gasteiger partial charge is 0.507 e.